The summed E-state index contributed by atoms with van der Waals surface area (Å²) in [5.74, 6) is -0.870. The lowest BCUT2D eigenvalue weighted by molar-refractivity contribution is -0.136. The van der Waals surface area contributed by atoms with Crippen LogP contribution >= 0.6 is 11.6 Å². The van der Waals surface area contributed by atoms with Gasteiger partial charge in [-0.25, -0.2) is 13.2 Å². The smallest absolute Gasteiger partial charge is 0.408 e. The minimum absolute atomic E-state index is 0.0281. The van der Waals surface area contributed by atoms with E-state index in [1.54, 1.807) is 17.0 Å². The molecule has 1 aromatic heterocycles. The molecule has 7 nitrogen and oxygen atoms in total. The van der Waals surface area contributed by atoms with Crippen LogP contribution in [0.3, 0.4) is 0 Å². The zero-order chi connectivity index (χ0) is 19.1. The van der Waals surface area contributed by atoms with Crippen LogP contribution in [0.1, 0.15) is 26.7 Å². The molecular formula is C17H21ClN2O5S. The molecule has 0 unspecified atom stereocenters. The van der Waals surface area contributed by atoms with Crippen LogP contribution in [0.25, 0.3) is 11.1 Å². The summed E-state index contributed by atoms with van der Waals surface area (Å²) in [4.78, 5) is 26.8. The van der Waals surface area contributed by atoms with E-state index in [9.17, 15) is 18.0 Å². The fraction of sp³-hybridized carbons (Fsp3) is 0.529. The molecule has 26 heavy (non-hydrogen) atoms. The maximum absolute atomic E-state index is 13.0. The normalized spacial score (nSPS) is 20.3. The molecule has 9 heteroatoms. The van der Waals surface area contributed by atoms with Gasteiger partial charge in [-0.15, -0.1) is 0 Å². The van der Waals surface area contributed by atoms with Crippen molar-refractivity contribution in [2.75, 3.05) is 11.5 Å². The van der Waals surface area contributed by atoms with Gasteiger partial charge in [0.05, 0.1) is 17.0 Å². The highest BCUT2D eigenvalue weighted by molar-refractivity contribution is 7.91. The Balaban J connectivity index is 1.91. The van der Waals surface area contributed by atoms with Gasteiger partial charge in [0.1, 0.15) is 6.54 Å². The average molecular weight is 401 g/mol. The number of nitrogens with zero attached hydrogens (tertiary/aromatic N) is 2. The van der Waals surface area contributed by atoms with Crippen molar-refractivity contribution in [1.82, 2.24) is 9.47 Å². The Morgan fingerprint density at radius 3 is 2.81 bits per heavy atom. The Morgan fingerprint density at radius 2 is 2.19 bits per heavy atom. The van der Waals surface area contributed by atoms with Crippen LogP contribution in [-0.2, 0) is 21.2 Å². The fourth-order valence-electron chi connectivity index (χ4n) is 3.41. The molecule has 1 fully saturated rings. The molecule has 0 radical (unpaired) electrons. The standard InChI is InChI=1S/C17H21ClN2O5S/c1-3-11(2)20(13-6-7-26(23,24)10-13)16(21)9-19-14-5-4-12(18)8-15(14)25-17(19)22/h4-5,8,11,13H,3,6-7,9-10H2,1-2H3/t11-,13+/m1/s1. The first-order chi connectivity index (χ1) is 12.2. The number of fused-ring (bicyclic) bond motifs is 1. The zero-order valence-corrected chi connectivity index (χ0v) is 16.2. The van der Waals surface area contributed by atoms with E-state index in [0.29, 0.717) is 29.0 Å². The summed E-state index contributed by atoms with van der Waals surface area (Å²) < 4.78 is 30.1. The molecule has 1 aliphatic heterocycles. The van der Waals surface area contributed by atoms with Crippen LogP contribution in [0, 0.1) is 0 Å². The Morgan fingerprint density at radius 1 is 1.46 bits per heavy atom. The number of rotatable bonds is 5. The number of halogens is 1. The van der Waals surface area contributed by atoms with E-state index >= 15 is 0 Å². The number of oxazole rings is 1. The summed E-state index contributed by atoms with van der Waals surface area (Å²) in [6.07, 6.45) is 1.12. The van der Waals surface area contributed by atoms with Crippen molar-refractivity contribution >= 4 is 38.4 Å². The van der Waals surface area contributed by atoms with E-state index in [1.165, 1.54) is 10.6 Å². The minimum Gasteiger partial charge on any atom is -0.408 e. The number of hydrogen-bond acceptors (Lipinski definition) is 5. The number of hydrogen-bond donors (Lipinski definition) is 0. The maximum Gasteiger partial charge on any atom is 0.420 e. The van der Waals surface area contributed by atoms with Crippen LogP contribution < -0.4 is 5.76 Å². The average Bonchev–Trinajstić information content (AvgIpc) is 3.06. The molecule has 0 saturated carbocycles. The summed E-state index contributed by atoms with van der Waals surface area (Å²) >= 11 is 5.91. The molecule has 2 heterocycles. The van der Waals surface area contributed by atoms with Crippen LogP contribution in [0.2, 0.25) is 5.02 Å². The Bertz CT molecular complexity index is 994. The van der Waals surface area contributed by atoms with Gasteiger partial charge >= 0.3 is 5.76 Å². The van der Waals surface area contributed by atoms with E-state index in [4.69, 9.17) is 16.0 Å². The Kier molecular flexibility index (Phi) is 5.16. The van der Waals surface area contributed by atoms with Gasteiger partial charge in [-0.1, -0.05) is 18.5 Å². The van der Waals surface area contributed by atoms with E-state index in [-0.39, 0.29) is 36.0 Å². The zero-order valence-electron chi connectivity index (χ0n) is 14.6. The monoisotopic (exact) mass is 400 g/mol. The van der Waals surface area contributed by atoms with Gasteiger partial charge in [-0.3, -0.25) is 9.36 Å². The first-order valence-electron chi connectivity index (χ1n) is 8.52. The first kappa shape index (κ1) is 19.0. The van der Waals surface area contributed by atoms with Gasteiger partial charge < -0.3 is 9.32 Å². The molecule has 0 aliphatic carbocycles. The lowest BCUT2D eigenvalue weighted by atomic mass is 10.1. The predicted octanol–water partition coefficient (Wildman–Crippen LogP) is 2.06. The molecule has 0 N–H and O–H groups in total. The van der Waals surface area contributed by atoms with Gasteiger partial charge in [-0.2, -0.15) is 0 Å². The third-order valence-corrected chi connectivity index (χ3v) is 6.86. The van der Waals surface area contributed by atoms with E-state index < -0.39 is 15.6 Å². The third kappa shape index (κ3) is 3.66. The summed E-state index contributed by atoms with van der Waals surface area (Å²) in [6, 6.07) is 4.30. The van der Waals surface area contributed by atoms with Crippen LogP contribution in [-0.4, -0.2) is 47.4 Å². The highest BCUT2D eigenvalue weighted by Crippen LogP contribution is 2.23. The van der Waals surface area contributed by atoms with Crippen molar-refractivity contribution in [2.45, 2.75) is 45.3 Å². The highest BCUT2D eigenvalue weighted by Gasteiger charge is 2.36. The molecule has 0 bridgehead atoms. The van der Waals surface area contributed by atoms with Crippen LogP contribution in [0.5, 0.6) is 0 Å². The van der Waals surface area contributed by atoms with E-state index in [1.807, 2.05) is 13.8 Å². The minimum atomic E-state index is -3.12. The SMILES string of the molecule is CC[C@@H](C)N(C(=O)Cn1c(=O)oc2cc(Cl)ccc21)[C@H]1CCS(=O)(=O)C1. The van der Waals surface area contributed by atoms with Gasteiger partial charge in [0.15, 0.2) is 15.4 Å². The molecule has 1 aliphatic rings. The molecule has 0 spiro atoms. The van der Waals surface area contributed by atoms with Gasteiger partial charge in [0.2, 0.25) is 5.91 Å². The molecular weight excluding hydrogens is 380 g/mol. The summed E-state index contributed by atoms with van der Waals surface area (Å²) in [6.45, 7) is 3.63. The second-order valence-corrected chi connectivity index (χ2v) is 9.35. The lowest BCUT2D eigenvalue weighted by Crippen LogP contribution is -2.48. The van der Waals surface area contributed by atoms with Gasteiger partial charge in [0.25, 0.3) is 0 Å². The van der Waals surface area contributed by atoms with Crippen LogP contribution in [0.4, 0.5) is 0 Å². The summed E-state index contributed by atoms with van der Waals surface area (Å²) in [7, 11) is -3.12. The van der Waals surface area contributed by atoms with Crippen molar-refractivity contribution in [3.8, 4) is 0 Å². The largest absolute Gasteiger partial charge is 0.420 e. The summed E-state index contributed by atoms with van der Waals surface area (Å²) in [5.41, 5.74) is 0.796. The Hall–Kier alpha value is -1.80. The molecule has 142 valence electrons. The molecule has 2 atom stereocenters. The van der Waals surface area contributed by atoms with Gasteiger partial charge in [-0.05, 0) is 31.9 Å². The van der Waals surface area contributed by atoms with Crippen molar-refractivity contribution in [3.05, 3.63) is 33.8 Å². The van der Waals surface area contributed by atoms with E-state index in [0.717, 1.165) is 0 Å². The molecule has 3 rings (SSSR count). The highest BCUT2D eigenvalue weighted by atomic mass is 35.5. The Labute approximate surface area is 156 Å². The molecule has 2 aromatic rings. The van der Waals surface area contributed by atoms with Crippen molar-refractivity contribution in [2.24, 2.45) is 0 Å². The fourth-order valence-corrected chi connectivity index (χ4v) is 5.28. The van der Waals surface area contributed by atoms with Crippen molar-refractivity contribution in [3.63, 3.8) is 0 Å². The first-order valence-corrected chi connectivity index (χ1v) is 10.7. The number of carbonyl (C=O) groups is 1. The van der Waals surface area contributed by atoms with E-state index in [2.05, 4.69) is 0 Å². The number of aromatic nitrogens is 1. The number of amides is 1. The molecule has 1 aromatic carbocycles. The summed E-state index contributed by atoms with van der Waals surface area (Å²) in [5, 5.41) is 0.433. The number of benzene rings is 1. The second kappa shape index (κ2) is 7.08. The molecule has 1 amide bonds. The second-order valence-electron chi connectivity index (χ2n) is 6.68. The third-order valence-electron chi connectivity index (χ3n) is 4.88. The van der Waals surface area contributed by atoms with Crippen molar-refractivity contribution < 1.29 is 17.6 Å². The maximum atomic E-state index is 13.0. The molecule has 1 saturated heterocycles. The topological polar surface area (TPSA) is 89.6 Å². The van der Waals surface area contributed by atoms with Crippen molar-refractivity contribution in [1.29, 1.82) is 0 Å². The quantitative estimate of drug-likeness (QED) is 0.766. The number of sulfone groups is 1. The number of carbonyl (C=O) groups excluding carboxylic acids is 1. The lowest BCUT2D eigenvalue weighted by Gasteiger charge is -2.33. The van der Waals surface area contributed by atoms with Crippen LogP contribution in [0.15, 0.2) is 27.4 Å². The predicted molar refractivity (Wildman–Crippen MR) is 99.1 cm³/mol. The van der Waals surface area contributed by atoms with Gasteiger partial charge in [0, 0.05) is 23.2 Å².